The smallest absolute Gasteiger partial charge is 0.251 e. The summed E-state index contributed by atoms with van der Waals surface area (Å²) in [6.45, 7) is 5.69. The molecule has 1 aromatic rings. The van der Waals surface area contributed by atoms with Gasteiger partial charge in [-0.15, -0.1) is 0 Å². The maximum Gasteiger partial charge on any atom is 0.251 e. The molecule has 0 aliphatic rings. The molecule has 0 unspecified atom stereocenters. The summed E-state index contributed by atoms with van der Waals surface area (Å²) in [4.78, 5) is 27.6. The SMILES string of the molecule is CCCc1cc(C(=O)NCC(=O)NC(C)C)cc(Cl)n1. The molecule has 0 aromatic carbocycles. The molecule has 0 atom stereocenters. The summed E-state index contributed by atoms with van der Waals surface area (Å²) in [5.41, 5.74) is 1.20. The van der Waals surface area contributed by atoms with Crippen LogP contribution in [-0.4, -0.2) is 29.4 Å². The Kier molecular flexibility index (Phi) is 6.45. The first-order valence-corrected chi connectivity index (χ1v) is 7.04. The number of pyridine rings is 1. The Morgan fingerprint density at radius 3 is 2.65 bits per heavy atom. The van der Waals surface area contributed by atoms with Crippen LogP contribution in [-0.2, 0) is 11.2 Å². The van der Waals surface area contributed by atoms with Gasteiger partial charge in [-0.3, -0.25) is 9.59 Å². The quantitative estimate of drug-likeness (QED) is 0.788. The van der Waals surface area contributed by atoms with E-state index < -0.39 is 0 Å². The molecule has 0 bridgehead atoms. The largest absolute Gasteiger partial charge is 0.352 e. The molecule has 0 fully saturated rings. The predicted molar refractivity (Wildman–Crippen MR) is 78.9 cm³/mol. The standard InChI is InChI=1S/C14H20ClN3O2/c1-4-5-11-6-10(7-12(15)18-11)14(20)16-8-13(19)17-9(2)3/h6-7,9H,4-5,8H2,1-3H3,(H,16,20)(H,17,19). The van der Waals surface area contributed by atoms with Crippen LogP contribution in [0.15, 0.2) is 12.1 Å². The van der Waals surface area contributed by atoms with Crippen LogP contribution in [0.25, 0.3) is 0 Å². The Hall–Kier alpha value is -1.62. The summed E-state index contributed by atoms with van der Waals surface area (Å²) in [6, 6.07) is 3.24. The molecule has 2 N–H and O–H groups in total. The molecule has 0 aliphatic heterocycles. The van der Waals surface area contributed by atoms with Gasteiger partial charge in [-0.05, 0) is 32.4 Å². The fourth-order valence-electron chi connectivity index (χ4n) is 1.70. The average molecular weight is 298 g/mol. The Morgan fingerprint density at radius 2 is 2.05 bits per heavy atom. The molecule has 0 spiro atoms. The van der Waals surface area contributed by atoms with Crippen LogP contribution in [0.2, 0.25) is 5.15 Å². The fraction of sp³-hybridized carbons (Fsp3) is 0.500. The topological polar surface area (TPSA) is 71.1 Å². The number of aromatic nitrogens is 1. The third-order valence-corrected chi connectivity index (χ3v) is 2.67. The molecule has 6 heteroatoms. The molecule has 0 radical (unpaired) electrons. The van der Waals surface area contributed by atoms with Crippen molar-refractivity contribution in [1.29, 1.82) is 0 Å². The highest BCUT2D eigenvalue weighted by atomic mass is 35.5. The zero-order chi connectivity index (χ0) is 15.1. The van der Waals surface area contributed by atoms with E-state index in [1.807, 2.05) is 20.8 Å². The number of hydrogen-bond donors (Lipinski definition) is 2. The maximum absolute atomic E-state index is 12.0. The molecule has 20 heavy (non-hydrogen) atoms. The molecule has 0 saturated heterocycles. The number of aryl methyl sites for hydroxylation is 1. The molecule has 0 saturated carbocycles. The van der Waals surface area contributed by atoms with E-state index in [1.54, 1.807) is 6.07 Å². The van der Waals surface area contributed by atoms with Crippen LogP contribution in [0.4, 0.5) is 0 Å². The van der Waals surface area contributed by atoms with Crippen molar-refractivity contribution in [1.82, 2.24) is 15.6 Å². The number of nitrogens with zero attached hydrogens (tertiary/aromatic N) is 1. The van der Waals surface area contributed by atoms with Crippen molar-refractivity contribution in [2.24, 2.45) is 0 Å². The van der Waals surface area contributed by atoms with Gasteiger partial charge in [-0.1, -0.05) is 24.9 Å². The van der Waals surface area contributed by atoms with Gasteiger partial charge in [0.15, 0.2) is 0 Å². The van der Waals surface area contributed by atoms with Gasteiger partial charge in [0.1, 0.15) is 5.15 Å². The lowest BCUT2D eigenvalue weighted by molar-refractivity contribution is -0.120. The zero-order valence-corrected chi connectivity index (χ0v) is 12.8. The van der Waals surface area contributed by atoms with Crippen molar-refractivity contribution >= 4 is 23.4 Å². The summed E-state index contributed by atoms with van der Waals surface area (Å²) < 4.78 is 0. The van der Waals surface area contributed by atoms with Gasteiger partial charge in [0.2, 0.25) is 5.91 Å². The van der Waals surface area contributed by atoms with Crippen molar-refractivity contribution in [3.63, 3.8) is 0 Å². The normalized spacial score (nSPS) is 10.4. The number of amides is 2. The van der Waals surface area contributed by atoms with Gasteiger partial charge in [0, 0.05) is 17.3 Å². The Labute approximate surface area is 124 Å². The van der Waals surface area contributed by atoms with Gasteiger partial charge < -0.3 is 10.6 Å². The van der Waals surface area contributed by atoms with Gasteiger partial charge in [-0.2, -0.15) is 0 Å². The van der Waals surface area contributed by atoms with Crippen molar-refractivity contribution in [2.45, 2.75) is 39.7 Å². The van der Waals surface area contributed by atoms with Crippen LogP contribution in [0.5, 0.6) is 0 Å². The summed E-state index contributed by atoms with van der Waals surface area (Å²) in [6.07, 6.45) is 1.68. The molecule has 1 rings (SSSR count). The highest BCUT2D eigenvalue weighted by molar-refractivity contribution is 6.29. The minimum atomic E-state index is -0.328. The van der Waals surface area contributed by atoms with Crippen LogP contribution in [0, 0.1) is 0 Å². The number of hydrogen-bond acceptors (Lipinski definition) is 3. The molecular formula is C14H20ClN3O2. The minimum Gasteiger partial charge on any atom is -0.352 e. The van der Waals surface area contributed by atoms with Crippen LogP contribution >= 0.6 is 11.6 Å². The lowest BCUT2D eigenvalue weighted by Crippen LogP contribution is -2.39. The van der Waals surface area contributed by atoms with E-state index in [0.717, 1.165) is 18.5 Å². The molecule has 1 heterocycles. The van der Waals surface area contributed by atoms with E-state index in [-0.39, 0.29) is 29.6 Å². The lowest BCUT2D eigenvalue weighted by atomic mass is 10.1. The fourth-order valence-corrected chi connectivity index (χ4v) is 1.93. The van der Waals surface area contributed by atoms with Crippen molar-refractivity contribution in [3.05, 3.63) is 28.5 Å². The summed E-state index contributed by atoms with van der Waals surface area (Å²) in [5.74, 6) is -0.548. The van der Waals surface area contributed by atoms with Gasteiger partial charge in [0.05, 0.1) is 6.54 Å². The molecule has 0 aliphatic carbocycles. The predicted octanol–water partition coefficient (Wildman–Crippen LogP) is 1.94. The van der Waals surface area contributed by atoms with Crippen molar-refractivity contribution in [2.75, 3.05) is 6.54 Å². The average Bonchev–Trinajstić information content (AvgIpc) is 2.34. The third kappa shape index (κ3) is 5.57. The Morgan fingerprint density at radius 1 is 1.35 bits per heavy atom. The lowest BCUT2D eigenvalue weighted by Gasteiger charge is -2.10. The first kappa shape index (κ1) is 16.4. The molecule has 5 nitrogen and oxygen atoms in total. The highest BCUT2D eigenvalue weighted by Crippen LogP contribution is 2.12. The molecule has 1 aromatic heterocycles. The van der Waals surface area contributed by atoms with Crippen LogP contribution < -0.4 is 10.6 Å². The molecule has 2 amide bonds. The third-order valence-electron chi connectivity index (χ3n) is 2.47. The summed E-state index contributed by atoms with van der Waals surface area (Å²) in [7, 11) is 0. The highest BCUT2D eigenvalue weighted by Gasteiger charge is 2.11. The number of carbonyl (C=O) groups is 2. The Balaban J connectivity index is 2.65. The van der Waals surface area contributed by atoms with E-state index in [4.69, 9.17) is 11.6 Å². The second-order valence-electron chi connectivity index (χ2n) is 4.82. The second-order valence-corrected chi connectivity index (χ2v) is 5.21. The monoisotopic (exact) mass is 297 g/mol. The number of rotatable bonds is 6. The van der Waals surface area contributed by atoms with Crippen LogP contribution in [0.3, 0.4) is 0 Å². The number of nitrogens with one attached hydrogen (secondary N) is 2. The number of halogens is 1. The molecule has 110 valence electrons. The van der Waals surface area contributed by atoms with Gasteiger partial charge in [0.25, 0.3) is 5.91 Å². The van der Waals surface area contributed by atoms with E-state index >= 15 is 0 Å². The van der Waals surface area contributed by atoms with E-state index in [9.17, 15) is 9.59 Å². The van der Waals surface area contributed by atoms with Gasteiger partial charge >= 0.3 is 0 Å². The van der Waals surface area contributed by atoms with E-state index in [1.165, 1.54) is 6.07 Å². The molecular weight excluding hydrogens is 278 g/mol. The zero-order valence-electron chi connectivity index (χ0n) is 12.0. The first-order valence-electron chi connectivity index (χ1n) is 6.66. The van der Waals surface area contributed by atoms with Crippen molar-refractivity contribution in [3.8, 4) is 0 Å². The first-order chi connectivity index (χ1) is 9.42. The van der Waals surface area contributed by atoms with Gasteiger partial charge in [-0.25, -0.2) is 4.98 Å². The number of carbonyl (C=O) groups excluding carboxylic acids is 2. The van der Waals surface area contributed by atoms with E-state index in [2.05, 4.69) is 15.6 Å². The summed E-state index contributed by atoms with van der Waals surface area (Å²) in [5, 5.41) is 5.55. The second kappa shape index (κ2) is 7.85. The van der Waals surface area contributed by atoms with Crippen LogP contribution in [0.1, 0.15) is 43.2 Å². The van der Waals surface area contributed by atoms with Crippen molar-refractivity contribution < 1.29 is 9.59 Å². The summed E-state index contributed by atoms with van der Waals surface area (Å²) >= 11 is 5.89. The Bertz CT molecular complexity index is 489. The van der Waals surface area contributed by atoms with E-state index in [0.29, 0.717) is 5.56 Å². The maximum atomic E-state index is 12.0. The minimum absolute atomic E-state index is 0.0472.